The van der Waals surface area contributed by atoms with E-state index in [-0.39, 0.29) is 0 Å². The zero-order valence-electron chi connectivity index (χ0n) is 16.5. The minimum Gasteiger partial charge on any atom is -0.493 e. The number of methoxy groups -OCH3 is 4. The second kappa shape index (κ2) is 7.35. The highest BCUT2D eigenvalue weighted by atomic mass is 16.5. The molecule has 5 heteroatoms. The summed E-state index contributed by atoms with van der Waals surface area (Å²) in [5.74, 6) is 2.80. The molecule has 0 radical (unpaired) electrons. The molecule has 1 heterocycles. The minimum atomic E-state index is 0.698. The van der Waals surface area contributed by atoms with Crippen molar-refractivity contribution in [3.8, 4) is 23.0 Å². The number of fused-ring (bicyclic) bond motifs is 3. The molecule has 0 amide bonds. The van der Waals surface area contributed by atoms with Gasteiger partial charge in [0.1, 0.15) is 0 Å². The first-order chi connectivity index (χ1) is 13.7. The molecule has 0 aliphatic rings. The number of benzene rings is 3. The Morgan fingerprint density at radius 1 is 0.607 bits per heavy atom. The molecular formula is C23H23NO4. The van der Waals surface area contributed by atoms with E-state index in [1.807, 2.05) is 30.3 Å². The van der Waals surface area contributed by atoms with Crippen molar-refractivity contribution in [2.75, 3.05) is 28.4 Å². The van der Waals surface area contributed by atoms with Gasteiger partial charge in [-0.2, -0.15) is 0 Å². The van der Waals surface area contributed by atoms with E-state index < -0.39 is 0 Å². The van der Waals surface area contributed by atoms with Gasteiger partial charge in [0.2, 0.25) is 0 Å². The van der Waals surface area contributed by atoms with Gasteiger partial charge in [-0.1, -0.05) is 30.3 Å². The Hall–Kier alpha value is -3.34. The molecule has 5 nitrogen and oxygen atoms in total. The summed E-state index contributed by atoms with van der Waals surface area (Å²) >= 11 is 0. The molecule has 4 aromatic rings. The van der Waals surface area contributed by atoms with Crippen molar-refractivity contribution in [3.05, 3.63) is 60.2 Å². The van der Waals surface area contributed by atoms with Gasteiger partial charge in [0.05, 0.1) is 39.5 Å². The topological polar surface area (TPSA) is 41.9 Å². The van der Waals surface area contributed by atoms with Gasteiger partial charge in [0, 0.05) is 29.4 Å². The van der Waals surface area contributed by atoms with E-state index in [2.05, 4.69) is 28.8 Å². The van der Waals surface area contributed by atoms with Gasteiger partial charge in [-0.25, -0.2) is 0 Å². The fraction of sp³-hybridized carbons (Fsp3) is 0.217. The van der Waals surface area contributed by atoms with Gasteiger partial charge < -0.3 is 23.5 Å². The zero-order chi connectivity index (χ0) is 19.7. The quantitative estimate of drug-likeness (QED) is 0.480. The van der Waals surface area contributed by atoms with E-state index in [0.29, 0.717) is 23.0 Å². The van der Waals surface area contributed by atoms with Crippen LogP contribution in [0.25, 0.3) is 21.8 Å². The summed E-state index contributed by atoms with van der Waals surface area (Å²) in [4.78, 5) is 0. The maximum absolute atomic E-state index is 5.55. The first kappa shape index (κ1) is 18.0. The Kier molecular flexibility index (Phi) is 4.74. The molecule has 0 N–H and O–H groups in total. The molecule has 0 bridgehead atoms. The van der Waals surface area contributed by atoms with E-state index in [9.17, 15) is 0 Å². The van der Waals surface area contributed by atoms with E-state index in [1.165, 1.54) is 5.56 Å². The number of hydrogen-bond acceptors (Lipinski definition) is 4. The van der Waals surface area contributed by atoms with Gasteiger partial charge in [-0.15, -0.1) is 0 Å². The predicted molar refractivity (Wildman–Crippen MR) is 111 cm³/mol. The van der Waals surface area contributed by atoms with E-state index in [0.717, 1.165) is 28.4 Å². The van der Waals surface area contributed by atoms with Crippen LogP contribution in [-0.2, 0) is 6.54 Å². The maximum atomic E-state index is 5.55. The minimum absolute atomic E-state index is 0.698. The summed E-state index contributed by atoms with van der Waals surface area (Å²) < 4.78 is 24.4. The standard InChI is InChI=1S/C23H23NO4/c1-25-20-10-16-17-11-21(26-2)23(28-4)13-19(17)24(18(16)12-22(20)27-3)14-15-8-6-5-7-9-15/h5-13H,14H2,1-4H3. The third-order valence-electron chi connectivity index (χ3n) is 5.06. The number of ether oxygens (including phenoxy) is 4. The fourth-order valence-corrected chi connectivity index (χ4v) is 3.68. The van der Waals surface area contributed by atoms with Gasteiger partial charge in [0.15, 0.2) is 23.0 Å². The predicted octanol–water partition coefficient (Wildman–Crippen LogP) is 4.88. The average molecular weight is 377 g/mol. The summed E-state index contributed by atoms with van der Waals surface area (Å²) in [6, 6.07) is 18.5. The van der Waals surface area contributed by atoms with Crippen LogP contribution < -0.4 is 18.9 Å². The third kappa shape index (κ3) is 2.89. The lowest BCUT2D eigenvalue weighted by Gasteiger charge is -2.11. The van der Waals surface area contributed by atoms with Gasteiger partial charge >= 0.3 is 0 Å². The van der Waals surface area contributed by atoms with Crippen LogP contribution in [0.2, 0.25) is 0 Å². The van der Waals surface area contributed by atoms with E-state index in [1.54, 1.807) is 28.4 Å². The highest BCUT2D eigenvalue weighted by Crippen LogP contribution is 2.41. The lowest BCUT2D eigenvalue weighted by atomic mass is 10.1. The molecule has 0 aliphatic carbocycles. The van der Waals surface area contributed by atoms with E-state index >= 15 is 0 Å². The number of nitrogens with zero attached hydrogens (tertiary/aromatic N) is 1. The molecule has 144 valence electrons. The van der Waals surface area contributed by atoms with Crippen molar-refractivity contribution >= 4 is 21.8 Å². The summed E-state index contributed by atoms with van der Waals surface area (Å²) in [5.41, 5.74) is 3.34. The van der Waals surface area contributed by atoms with Crippen molar-refractivity contribution in [1.82, 2.24) is 4.57 Å². The van der Waals surface area contributed by atoms with Crippen molar-refractivity contribution in [2.45, 2.75) is 6.54 Å². The lowest BCUT2D eigenvalue weighted by Crippen LogP contribution is -2.00. The first-order valence-corrected chi connectivity index (χ1v) is 9.04. The number of rotatable bonds is 6. The van der Waals surface area contributed by atoms with Gasteiger partial charge in [0.25, 0.3) is 0 Å². The lowest BCUT2D eigenvalue weighted by molar-refractivity contribution is 0.355. The molecular weight excluding hydrogens is 354 g/mol. The molecule has 0 saturated carbocycles. The van der Waals surface area contributed by atoms with Crippen LogP contribution in [-0.4, -0.2) is 33.0 Å². The van der Waals surface area contributed by atoms with Crippen LogP contribution >= 0.6 is 0 Å². The van der Waals surface area contributed by atoms with Crippen LogP contribution in [0, 0.1) is 0 Å². The Labute approximate surface area is 164 Å². The monoisotopic (exact) mass is 377 g/mol. The second-order valence-corrected chi connectivity index (χ2v) is 6.52. The Balaban J connectivity index is 2.07. The SMILES string of the molecule is COc1cc2c3cc(OC)c(OC)cc3n(Cc3ccccc3)c2cc1OC. The summed E-state index contributed by atoms with van der Waals surface area (Å²) in [6.07, 6.45) is 0. The normalized spacial score (nSPS) is 11.0. The van der Waals surface area contributed by atoms with Crippen molar-refractivity contribution in [2.24, 2.45) is 0 Å². The number of aromatic nitrogens is 1. The van der Waals surface area contributed by atoms with Crippen LogP contribution in [0.4, 0.5) is 0 Å². The van der Waals surface area contributed by atoms with Gasteiger partial charge in [-0.3, -0.25) is 0 Å². The maximum Gasteiger partial charge on any atom is 0.162 e. The smallest absolute Gasteiger partial charge is 0.162 e. The zero-order valence-corrected chi connectivity index (χ0v) is 16.5. The molecule has 0 atom stereocenters. The highest BCUT2D eigenvalue weighted by molar-refractivity contribution is 6.10. The van der Waals surface area contributed by atoms with Crippen LogP contribution in [0.3, 0.4) is 0 Å². The number of hydrogen-bond donors (Lipinski definition) is 0. The summed E-state index contributed by atoms with van der Waals surface area (Å²) in [7, 11) is 6.60. The van der Waals surface area contributed by atoms with Crippen LogP contribution in [0.1, 0.15) is 5.56 Å². The van der Waals surface area contributed by atoms with Gasteiger partial charge in [-0.05, 0) is 17.7 Å². The van der Waals surface area contributed by atoms with Crippen molar-refractivity contribution in [3.63, 3.8) is 0 Å². The molecule has 0 saturated heterocycles. The largest absolute Gasteiger partial charge is 0.493 e. The molecule has 0 unspecified atom stereocenters. The first-order valence-electron chi connectivity index (χ1n) is 9.04. The average Bonchev–Trinajstić information content (AvgIpc) is 3.04. The molecule has 4 rings (SSSR count). The molecule has 0 aliphatic heterocycles. The van der Waals surface area contributed by atoms with Crippen LogP contribution in [0.5, 0.6) is 23.0 Å². The molecule has 0 spiro atoms. The Bertz CT molecular complexity index is 1060. The summed E-state index contributed by atoms with van der Waals surface area (Å²) in [5, 5.41) is 2.15. The highest BCUT2D eigenvalue weighted by Gasteiger charge is 2.18. The second-order valence-electron chi connectivity index (χ2n) is 6.52. The van der Waals surface area contributed by atoms with E-state index in [4.69, 9.17) is 18.9 Å². The van der Waals surface area contributed by atoms with Crippen LogP contribution in [0.15, 0.2) is 54.6 Å². The molecule has 1 aromatic heterocycles. The molecule has 0 fully saturated rings. The summed E-state index contributed by atoms with van der Waals surface area (Å²) in [6.45, 7) is 0.728. The third-order valence-corrected chi connectivity index (χ3v) is 5.06. The Morgan fingerprint density at radius 2 is 1.04 bits per heavy atom. The van der Waals surface area contributed by atoms with Crippen molar-refractivity contribution in [1.29, 1.82) is 0 Å². The fourth-order valence-electron chi connectivity index (χ4n) is 3.68. The molecule has 28 heavy (non-hydrogen) atoms. The Morgan fingerprint density at radius 3 is 1.46 bits per heavy atom. The molecule has 3 aromatic carbocycles. The van der Waals surface area contributed by atoms with Crippen molar-refractivity contribution < 1.29 is 18.9 Å².